The van der Waals surface area contributed by atoms with Crippen LogP contribution in [0.4, 0.5) is 4.39 Å². The van der Waals surface area contributed by atoms with Crippen molar-refractivity contribution in [2.45, 2.75) is 45.2 Å². The van der Waals surface area contributed by atoms with Gasteiger partial charge in [0.2, 0.25) is 0 Å². The minimum absolute atomic E-state index is 0.235. The van der Waals surface area contributed by atoms with E-state index in [9.17, 15) is 4.39 Å². The first-order valence-corrected chi connectivity index (χ1v) is 9.10. The molecule has 3 heterocycles. The molecule has 1 fully saturated rings. The van der Waals surface area contributed by atoms with Crippen LogP contribution in [0, 0.1) is 5.82 Å². The molecule has 0 saturated carbocycles. The molecule has 26 heavy (non-hydrogen) atoms. The number of hydrogen-bond acceptors (Lipinski definition) is 4. The minimum atomic E-state index is -0.235. The summed E-state index contributed by atoms with van der Waals surface area (Å²) >= 11 is 0. The molecule has 5 nitrogen and oxygen atoms in total. The van der Waals surface area contributed by atoms with Crippen molar-refractivity contribution >= 4 is 0 Å². The van der Waals surface area contributed by atoms with Gasteiger partial charge in [0.15, 0.2) is 5.76 Å². The van der Waals surface area contributed by atoms with Crippen LogP contribution in [-0.4, -0.2) is 26.8 Å². The fourth-order valence-corrected chi connectivity index (χ4v) is 3.59. The highest BCUT2D eigenvalue weighted by atomic mass is 19.1. The van der Waals surface area contributed by atoms with Crippen LogP contribution in [0.15, 0.2) is 41.1 Å². The van der Waals surface area contributed by atoms with Crippen molar-refractivity contribution in [3.8, 4) is 11.3 Å². The van der Waals surface area contributed by atoms with Gasteiger partial charge in [-0.2, -0.15) is 5.10 Å². The highest BCUT2D eigenvalue weighted by Crippen LogP contribution is 2.35. The number of aromatic amines is 1. The molecule has 0 radical (unpaired) electrons. The average molecular weight is 354 g/mol. The van der Waals surface area contributed by atoms with E-state index >= 15 is 0 Å². The van der Waals surface area contributed by atoms with Gasteiger partial charge in [-0.25, -0.2) is 4.39 Å². The van der Waals surface area contributed by atoms with Crippen molar-refractivity contribution in [2.24, 2.45) is 0 Å². The minimum Gasteiger partial charge on any atom is -0.359 e. The van der Waals surface area contributed by atoms with Crippen molar-refractivity contribution < 1.29 is 8.91 Å². The predicted octanol–water partition coefficient (Wildman–Crippen LogP) is 4.66. The zero-order valence-electron chi connectivity index (χ0n) is 15.1. The number of likely N-dealkylation sites (tertiary alicyclic amines) is 1. The maximum atomic E-state index is 13.2. The summed E-state index contributed by atoms with van der Waals surface area (Å²) in [5, 5.41) is 11.5. The molecule has 3 aromatic rings. The molecule has 0 unspecified atom stereocenters. The van der Waals surface area contributed by atoms with Crippen molar-refractivity contribution in [1.82, 2.24) is 20.3 Å². The summed E-state index contributed by atoms with van der Waals surface area (Å²) in [7, 11) is 0. The maximum Gasteiger partial charge on any atom is 0.154 e. The summed E-state index contributed by atoms with van der Waals surface area (Å²) in [6, 6.07) is 8.83. The Morgan fingerprint density at radius 3 is 2.85 bits per heavy atom. The van der Waals surface area contributed by atoms with Crippen LogP contribution < -0.4 is 0 Å². The lowest BCUT2D eigenvalue weighted by atomic mass is 10.1. The zero-order chi connectivity index (χ0) is 18.1. The van der Waals surface area contributed by atoms with E-state index in [-0.39, 0.29) is 11.9 Å². The summed E-state index contributed by atoms with van der Waals surface area (Å²) in [4.78, 5) is 2.41. The molecule has 136 valence electrons. The van der Waals surface area contributed by atoms with Gasteiger partial charge in [-0.15, -0.1) is 0 Å². The maximum absolute atomic E-state index is 13.2. The summed E-state index contributed by atoms with van der Waals surface area (Å²) in [5.74, 6) is 1.07. The topological polar surface area (TPSA) is 58.0 Å². The summed E-state index contributed by atoms with van der Waals surface area (Å²) in [6.07, 6.45) is 4.05. The molecular weight excluding hydrogens is 331 g/mol. The van der Waals surface area contributed by atoms with Crippen LogP contribution in [0.3, 0.4) is 0 Å². The van der Waals surface area contributed by atoms with Crippen LogP contribution in [0.25, 0.3) is 11.3 Å². The predicted molar refractivity (Wildman–Crippen MR) is 97.0 cm³/mol. The van der Waals surface area contributed by atoms with E-state index in [0.717, 1.165) is 54.2 Å². The molecular formula is C20H23FN4O. The highest BCUT2D eigenvalue weighted by molar-refractivity contribution is 5.62. The monoisotopic (exact) mass is 354 g/mol. The molecule has 6 heteroatoms. The van der Waals surface area contributed by atoms with Gasteiger partial charge in [0, 0.05) is 23.7 Å². The van der Waals surface area contributed by atoms with Gasteiger partial charge >= 0.3 is 0 Å². The third kappa shape index (κ3) is 3.29. The van der Waals surface area contributed by atoms with Gasteiger partial charge < -0.3 is 4.52 Å². The second kappa shape index (κ2) is 7.03. The summed E-state index contributed by atoms with van der Waals surface area (Å²) in [5.41, 5.74) is 3.99. The third-order valence-corrected chi connectivity index (χ3v) is 5.05. The number of H-pyrrole nitrogens is 1. The Balaban J connectivity index is 1.55. The number of nitrogens with one attached hydrogen (secondary N) is 1. The quantitative estimate of drug-likeness (QED) is 0.724. The molecule has 0 bridgehead atoms. The lowest BCUT2D eigenvalue weighted by Gasteiger charge is -2.22. The normalized spacial score (nSPS) is 18.1. The van der Waals surface area contributed by atoms with Crippen LogP contribution in [0.1, 0.15) is 55.7 Å². The molecule has 0 aliphatic carbocycles. The second-order valence-electron chi connectivity index (χ2n) is 7.21. The van der Waals surface area contributed by atoms with Crippen LogP contribution in [0.5, 0.6) is 0 Å². The van der Waals surface area contributed by atoms with E-state index in [1.54, 1.807) is 12.1 Å². The van der Waals surface area contributed by atoms with Crippen LogP contribution in [0.2, 0.25) is 0 Å². The Kier molecular flexibility index (Phi) is 4.59. The third-order valence-electron chi connectivity index (χ3n) is 5.05. The molecule has 1 aliphatic heterocycles. The van der Waals surface area contributed by atoms with Crippen LogP contribution >= 0.6 is 0 Å². The van der Waals surface area contributed by atoms with Gasteiger partial charge in [-0.1, -0.05) is 19.0 Å². The Morgan fingerprint density at radius 1 is 1.31 bits per heavy atom. The van der Waals surface area contributed by atoms with E-state index in [2.05, 4.69) is 40.2 Å². The molecule has 1 N–H and O–H groups in total. The van der Waals surface area contributed by atoms with Crippen molar-refractivity contribution in [1.29, 1.82) is 0 Å². The lowest BCUT2D eigenvalue weighted by Crippen LogP contribution is -2.22. The van der Waals surface area contributed by atoms with Gasteiger partial charge in [0.1, 0.15) is 5.82 Å². The molecule has 1 aliphatic rings. The molecule has 0 spiro atoms. The Morgan fingerprint density at radius 2 is 2.12 bits per heavy atom. The van der Waals surface area contributed by atoms with Crippen molar-refractivity contribution in [3.63, 3.8) is 0 Å². The van der Waals surface area contributed by atoms with Gasteiger partial charge in [-0.3, -0.25) is 10.00 Å². The molecule has 1 saturated heterocycles. The summed E-state index contributed by atoms with van der Waals surface area (Å²) in [6.45, 7) is 6.02. The highest BCUT2D eigenvalue weighted by Gasteiger charge is 2.30. The van der Waals surface area contributed by atoms with Crippen molar-refractivity contribution in [3.05, 3.63) is 59.4 Å². The number of nitrogens with zero attached hydrogens (tertiary/aromatic N) is 3. The molecule has 2 aromatic heterocycles. The first kappa shape index (κ1) is 17.0. The number of hydrogen-bond donors (Lipinski definition) is 1. The Bertz CT molecular complexity index is 868. The van der Waals surface area contributed by atoms with Gasteiger partial charge in [0.25, 0.3) is 0 Å². The molecule has 0 amide bonds. The van der Waals surface area contributed by atoms with Crippen molar-refractivity contribution in [2.75, 3.05) is 6.54 Å². The van der Waals surface area contributed by atoms with Crippen LogP contribution in [-0.2, 0) is 6.54 Å². The standard InChI is InChI=1S/C20H23FN4O/c1-13(2)17-10-19(26-24-17)18-4-3-9-25(18)12-15-11-22-23-20(15)14-5-7-16(21)8-6-14/h5-8,10-11,13,18H,3-4,9,12H2,1-2H3,(H,22,23)/t18-/m0/s1. The Hall–Kier alpha value is -2.47. The number of rotatable bonds is 5. The smallest absolute Gasteiger partial charge is 0.154 e. The Labute approximate surface area is 152 Å². The SMILES string of the molecule is CC(C)c1cc([C@@H]2CCCN2Cc2cn[nH]c2-c2ccc(F)cc2)on1. The van der Waals surface area contributed by atoms with E-state index in [4.69, 9.17) is 4.52 Å². The molecule has 1 aromatic carbocycles. The summed E-state index contributed by atoms with van der Waals surface area (Å²) < 4.78 is 18.8. The van der Waals surface area contributed by atoms with E-state index in [1.165, 1.54) is 12.1 Å². The molecule has 4 rings (SSSR count). The first-order chi connectivity index (χ1) is 12.6. The number of benzene rings is 1. The van der Waals surface area contributed by atoms with Gasteiger partial charge in [0.05, 0.1) is 23.6 Å². The van der Waals surface area contributed by atoms with E-state index in [0.29, 0.717) is 5.92 Å². The average Bonchev–Trinajstić information content (AvgIpc) is 3.35. The zero-order valence-corrected chi connectivity index (χ0v) is 15.1. The fraction of sp³-hybridized carbons (Fsp3) is 0.400. The van der Waals surface area contributed by atoms with E-state index in [1.807, 2.05) is 6.20 Å². The second-order valence-corrected chi connectivity index (χ2v) is 7.21. The number of aromatic nitrogens is 3. The lowest BCUT2D eigenvalue weighted by molar-refractivity contribution is 0.206. The number of halogens is 1. The fourth-order valence-electron chi connectivity index (χ4n) is 3.59. The largest absolute Gasteiger partial charge is 0.359 e. The van der Waals surface area contributed by atoms with E-state index < -0.39 is 0 Å². The molecule has 1 atom stereocenters. The first-order valence-electron chi connectivity index (χ1n) is 9.10. The van der Waals surface area contributed by atoms with Gasteiger partial charge in [-0.05, 0) is 49.6 Å².